The van der Waals surface area contributed by atoms with E-state index in [9.17, 15) is 4.79 Å². The third kappa shape index (κ3) is 4.06. The molecule has 1 N–H and O–H groups in total. The van der Waals surface area contributed by atoms with Crippen LogP contribution in [0.25, 0.3) is 0 Å². The van der Waals surface area contributed by atoms with E-state index in [-0.39, 0.29) is 12.0 Å². The van der Waals surface area contributed by atoms with E-state index in [1.54, 1.807) is 0 Å². The number of esters is 1. The summed E-state index contributed by atoms with van der Waals surface area (Å²) in [5.41, 5.74) is 0.899. The molecule has 2 rings (SSSR count). The zero-order valence-corrected chi connectivity index (χ0v) is 12.0. The molecule has 1 saturated heterocycles. The van der Waals surface area contributed by atoms with Crippen molar-refractivity contribution in [3.63, 3.8) is 0 Å². The number of hydrogen-bond donors (Lipinski definition) is 1. The number of rotatable bonds is 2. The first-order chi connectivity index (χ1) is 8.96. The Labute approximate surface area is 115 Å². The average Bonchev–Trinajstić information content (AvgIpc) is 2.38. The molecule has 1 aromatic rings. The second kappa shape index (κ2) is 5.74. The normalized spacial score (nSPS) is 23.9. The molecule has 2 atom stereocenters. The number of nitrogens with one attached hydrogen (secondary N) is 1. The van der Waals surface area contributed by atoms with Crippen molar-refractivity contribution in [3.8, 4) is 0 Å². The van der Waals surface area contributed by atoms with Crippen LogP contribution in [-0.4, -0.2) is 24.2 Å². The van der Waals surface area contributed by atoms with E-state index in [0.717, 1.165) is 19.4 Å². The summed E-state index contributed by atoms with van der Waals surface area (Å²) < 4.78 is 5.46. The van der Waals surface area contributed by atoms with Gasteiger partial charge in [-0.3, -0.25) is 4.79 Å². The van der Waals surface area contributed by atoms with E-state index < -0.39 is 5.60 Å². The first-order valence-corrected chi connectivity index (χ1v) is 6.97. The lowest BCUT2D eigenvalue weighted by atomic mass is 9.86. The van der Waals surface area contributed by atoms with Gasteiger partial charge in [0, 0.05) is 0 Å². The van der Waals surface area contributed by atoms with Gasteiger partial charge in [0.25, 0.3) is 0 Å². The van der Waals surface area contributed by atoms with E-state index in [4.69, 9.17) is 4.74 Å². The van der Waals surface area contributed by atoms with Crippen molar-refractivity contribution in [1.29, 1.82) is 0 Å². The predicted octanol–water partition coefficient (Wildman–Crippen LogP) is 2.86. The van der Waals surface area contributed by atoms with Gasteiger partial charge in [0.05, 0.1) is 0 Å². The molecule has 19 heavy (non-hydrogen) atoms. The first-order valence-electron chi connectivity index (χ1n) is 6.97. The molecule has 1 heterocycles. The molecule has 0 bridgehead atoms. The summed E-state index contributed by atoms with van der Waals surface area (Å²) >= 11 is 0. The number of carbonyl (C=O) groups is 1. The van der Waals surface area contributed by atoms with E-state index in [0.29, 0.717) is 5.92 Å². The van der Waals surface area contributed by atoms with E-state index in [1.807, 2.05) is 26.8 Å². The molecule has 0 spiro atoms. The summed E-state index contributed by atoms with van der Waals surface area (Å²) in [6.07, 6.45) is 1.89. The summed E-state index contributed by atoms with van der Waals surface area (Å²) in [4.78, 5) is 12.1. The average molecular weight is 261 g/mol. The van der Waals surface area contributed by atoms with E-state index >= 15 is 0 Å². The van der Waals surface area contributed by atoms with Gasteiger partial charge >= 0.3 is 5.97 Å². The Hall–Kier alpha value is -1.35. The smallest absolute Gasteiger partial charge is 0.323 e. The zero-order valence-electron chi connectivity index (χ0n) is 12.0. The van der Waals surface area contributed by atoms with Gasteiger partial charge in [-0.05, 0) is 51.6 Å². The Bertz CT molecular complexity index is 422. The molecule has 0 saturated carbocycles. The lowest BCUT2D eigenvalue weighted by Crippen LogP contribution is -2.45. The zero-order chi connectivity index (χ0) is 13.9. The molecule has 0 aromatic heterocycles. The summed E-state index contributed by atoms with van der Waals surface area (Å²) in [5.74, 6) is 0.313. The van der Waals surface area contributed by atoms with Gasteiger partial charge in [0.1, 0.15) is 11.6 Å². The van der Waals surface area contributed by atoms with Crippen LogP contribution < -0.4 is 5.32 Å². The van der Waals surface area contributed by atoms with Gasteiger partial charge < -0.3 is 10.1 Å². The standard InChI is InChI=1S/C16H23NO2/c1-16(2,3)19-15(18)14-11-13(9-10-17-14)12-7-5-4-6-8-12/h4-8,13-14,17H,9-11H2,1-3H3/t13-,14+/m1/s1. The topological polar surface area (TPSA) is 38.3 Å². The second-order valence-electron chi connectivity index (χ2n) is 6.17. The molecule has 3 nitrogen and oxygen atoms in total. The van der Waals surface area contributed by atoms with Crippen LogP contribution in [0.15, 0.2) is 30.3 Å². The third-order valence-corrected chi connectivity index (χ3v) is 3.37. The third-order valence-electron chi connectivity index (χ3n) is 3.37. The van der Waals surface area contributed by atoms with Crippen molar-refractivity contribution in [1.82, 2.24) is 5.32 Å². The van der Waals surface area contributed by atoms with Crippen LogP contribution in [0.1, 0.15) is 45.1 Å². The van der Waals surface area contributed by atoms with E-state index in [1.165, 1.54) is 5.56 Å². The van der Waals surface area contributed by atoms with Crippen LogP contribution in [-0.2, 0) is 9.53 Å². The Kier molecular flexibility index (Phi) is 4.25. The number of hydrogen-bond acceptors (Lipinski definition) is 3. The SMILES string of the molecule is CC(C)(C)OC(=O)[C@@H]1C[C@H](c2ccccc2)CCN1. The number of piperidine rings is 1. The van der Waals surface area contributed by atoms with Crippen LogP contribution in [0.3, 0.4) is 0 Å². The maximum Gasteiger partial charge on any atom is 0.323 e. The minimum absolute atomic E-state index is 0.131. The predicted molar refractivity (Wildman–Crippen MR) is 76.1 cm³/mol. The van der Waals surface area contributed by atoms with Gasteiger partial charge in [-0.25, -0.2) is 0 Å². The number of carbonyl (C=O) groups excluding carboxylic acids is 1. The highest BCUT2D eigenvalue weighted by molar-refractivity contribution is 5.76. The van der Waals surface area contributed by atoms with Crippen LogP contribution in [0, 0.1) is 0 Å². The maximum atomic E-state index is 12.1. The van der Waals surface area contributed by atoms with Crippen molar-refractivity contribution in [3.05, 3.63) is 35.9 Å². The van der Waals surface area contributed by atoms with Crippen LogP contribution in [0.5, 0.6) is 0 Å². The summed E-state index contributed by atoms with van der Waals surface area (Å²) in [6.45, 7) is 6.58. The van der Waals surface area contributed by atoms with Crippen molar-refractivity contribution in [2.75, 3.05) is 6.54 Å². The molecular formula is C16H23NO2. The lowest BCUT2D eigenvalue weighted by Gasteiger charge is -2.31. The minimum atomic E-state index is -0.418. The van der Waals surface area contributed by atoms with Gasteiger partial charge in [-0.15, -0.1) is 0 Å². The van der Waals surface area contributed by atoms with Crippen molar-refractivity contribution in [2.45, 2.75) is 51.2 Å². The van der Waals surface area contributed by atoms with E-state index in [2.05, 4.69) is 29.6 Å². The minimum Gasteiger partial charge on any atom is -0.459 e. The summed E-state index contributed by atoms with van der Waals surface area (Å²) in [7, 11) is 0. The molecule has 1 aliphatic heterocycles. The lowest BCUT2D eigenvalue weighted by molar-refractivity contribution is -0.158. The molecule has 0 radical (unpaired) electrons. The Morgan fingerprint density at radius 2 is 1.95 bits per heavy atom. The Morgan fingerprint density at radius 3 is 2.58 bits per heavy atom. The highest BCUT2D eigenvalue weighted by Gasteiger charge is 2.30. The quantitative estimate of drug-likeness (QED) is 0.832. The van der Waals surface area contributed by atoms with Crippen LogP contribution in [0.2, 0.25) is 0 Å². The first kappa shape index (κ1) is 14.1. The van der Waals surface area contributed by atoms with Gasteiger partial charge in [-0.1, -0.05) is 30.3 Å². The van der Waals surface area contributed by atoms with Crippen molar-refractivity contribution < 1.29 is 9.53 Å². The second-order valence-corrected chi connectivity index (χ2v) is 6.17. The van der Waals surface area contributed by atoms with Gasteiger partial charge in [0.15, 0.2) is 0 Å². The Morgan fingerprint density at radius 1 is 1.26 bits per heavy atom. The van der Waals surface area contributed by atoms with Gasteiger partial charge in [0.2, 0.25) is 0 Å². The highest BCUT2D eigenvalue weighted by Crippen LogP contribution is 2.28. The summed E-state index contributed by atoms with van der Waals surface area (Å²) in [6, 6.07) is 10.2. The molecule has 3 heteroatoms. The molecule has 0 amide bonds. The fraction of sp³-hybridized carbons (Fsp3) is 0.562. The fourth-order valence-corrected chi connectivity index (χ4v) is 2.50. The molecule has 1 fully saturated rings. The van der Waals surface area contributed by atoms with Crippen molar-refractivity contribution in [2.24, 2.45) is 0 Å². The largest absolute Gasteiger partial charge is 0.459 e. The Balaban J connectivity index is 2.00. The molecular weight excluding hydrogens is 238 g/mol. The molecule has 0 aliphatic carbocycles. The molecule has 104 valence electrons. The van der Waals surface area contributed by atoms with Crippen LogP contribution in [0.4, 0.5) is 0 Å². The highest BCUT2D eigenvalue weighted by atomic mass is 16.6. The van der Waals surface area contributed by atoms with Gasteiger partial charge in [-0.2, -0.15) is 0 Å². The molecule has 1 aromatic carbocycles. The maximum absolute atomic E-state index is 12.1. The van der Waals surface area contributed by atoms with Crippen molar-refractivity contribution >= 4 is 5.97 Å². The molecule has 0 unspecified atom stereocenters. The number of benzene rings is 1. The summed E-state index contributed by atoms with van der Waals surface area (Å²) in [5, 5.41) is 3.27. The van der Waals surface area contributed by atoms with Crippen LogP contribution >= 0.6 is 0 Å². The monoisotopic (exact) mass is 261 g/mol. The molecule has 1 aliphatic rings. The number of ether oxygens (including phenoxy) is 1. The fourth-order valence-electron chi connectivity index (χ4n) is 2.50.